The van der Waals surface area contributed by atoms with E-state index in [1.54, 1.807) is 31.2 Å². The highest BCUT2D eigenvalue weighted by Gasteiger charge is 2.35. The first kappa shape index (κ1) is 14.8. The van der Waals surface area contributed by atoms with E-state index in [2.05, 4.69) is 0 Å². The third-order valence-electron chi connectivity index (χ3n) is 3.39. The van der Waals surface area contributed by atoms with Crippen LogP contribution in [0.15, 0.2) is 24.3 Å². The molecule has 110 valence electrons. The van der Waals surface area contributed by atoms with Crippen molar-refractivity contribution in [1.29, 1.82) is 0 Å². The SMILES string of the molecule is CC(O)CN1CC(C)OC(=O)C1Cc1ccc(O)cc1. The third kappa shape index (κ3) is 3.71. The Morgan fingerprint density at radius 1 is 1.40 bits per heavy atom. The van der Waals surface area contributed by atoms with Gasteiger partial charge in [-0.3, -0.25) is 9.69 Å². The van der Waals surface area contributed by atoms with Crippen LogP contribution in [-0.2, 0) is 16.0 Å². The number of benzene rings is 1. The van der Waals surface area contributed by atoms with Crippen LogP contribution in [0.25, 0.3) is 0 Å². The second-order valence-corrected chi connectivity index (χ2v) is 5.44. The van der Waals surface area contributed by atoms with Crippen LogP contribution in [0.1, 0.15) is 19.4 Å². The molecule has 1 saturated heterocycles. The van der Waals surface area contributed by atoms with Crippen LogP contribution >= 0.6 is 0 Å². The largest absolute Gasteiger partial charge is 0.508 e. The first-order valence-electron chi connectivity index (χ1n) is 6.86. The number of nitrogens with zero attached hydrogens (tertiary/aromatic N) is 1. The van der Waals surface area contributed by atoms with Crippen molar-refractivity contribution in [2.24, 2.45) is 0 Å². The summed E-state index contributed by atoms with van der Waals surface area (Å²) in [7, 11) is 0. The first-order chi connectivity index (χ1) is 9.45. The van der Waals surface area contributed by atoms with Gasteiger partial charge in [-0.25, -0.2) is 0 Å². The highest BCUT2D eigenvalue weighted by Crippen LogP contribution is 2.19. The van der Waals surface area contributed by atoms with Gasteiger partial charge in [-0.1, -0.05) is 12.1 Å². The number of morpholine rings is 1. The molecule has 3 atom stereocenters. The topological polar surface area (TPSA) is 70.0 Å². The molecule has 0 aromatic heterocycles. The summed E-state index contributed by atoms with van der Waals surface area (Å²) in [6.07, 6.45) is -0.133. The molecule has 20 heavy (non-hydrogen) atoms. The van der Waals surface area contributed by atoms with E-state index in [9.17, 15) is 15.0 Å². The molecule has 1 aliphatic heterocycles. The van der Waals surface area contributed by atoms with Gasteiger partial charge in [-0.2, -0.15) is 0 Å². The Bertz CT molecular complexity index is 455. The molecule has 5 heteroatoms. The highest BCUT2D eigenvalue weighted by molar-refractivity contribution is 5.77. The fourth-order valence-electron chi connectivity index (χ4n) is 2.53. The van der Waals surface area contributed by atoms with E-state index >= 15 is 0 Å². The summed E-state index contributed by atoms with van der Waals surface area (Å²) in [6, 6.07) is 6.41. The number of cyclic esters (lactones) is 1. The lowest BCUT2D eigenvalue weighted by molar-refractivity contribution is -0.165. The fraction of sp³-hybridized carbons (Fsp3) is 0.533. The average Bonchev–Trinajstić information content (AvgIpc) is 2.35. The zero-order valence-corrected chi connectivity index (χ0v) is 11.8. The standard InChI is InChI=1S/C15H21NO4/c1-10(17)8-16-9-11(2)20-15(19)14(16)7-12-3-5-13(18)6-4-12/h3-6,10-11,14,17-18H,7-9H2,1-2H3. The molecule has 0 radical (unpaired) electrons. The summed E-state index contributed by atoms with van der Waals surface area (Å²) < 4.78 is 5.29. The van der Waals surface area contributed by atoms with Gasteiger partial charge in [0.05, 0.1) is 6.10 Å². The van der Waals surface area contributed by atoms with Crippen LogP contribution in [0, 0.1) is 0 Å². The molecule has 1 heterocycles. The van der Waals surface area contributed by atoms with E-state index < -0.39 is 6.10 Å². The van der Waals surface area contributed by atoms with Gasteiger partial charge in [0.25, 0.3) is 0 Å². The van der Waals surface area contributed by atoms with Crippen molar-refractivity contribution >= 4 is 5.97 Å². The zero-order valence-electron chi connectivity index (χ0n) is 11.8. The Hall–Kier alpha value is -1.59. The molecular weight excluding hydrogens is 258 g/mol. The molecule has 3 unspecified atom stereocenters. The number of phenols is 1. The summed E-state index contributed by atoms with van der Waals surface area (Å²) in [5.74, 6) is -0.0492. The van der Waals surface area contributed by atoms with Crippen LogP contribution in [0.2, 0.25) is 0 Å². The predicted molar refractivity (Wildman–Crippen MR) is 74.4 cm³/mol. The van der Waals surface area contributed by atoms with Gasteiger partial charge in [0, 0.05) is 13.1 Å². The van der Waals surface area contributed by atoms with Crippen LogP contribution in [0.3, 0.4) is 0 Å². The Morgan fingerprint density at radius 2 is 2.05 bits per heavy atom. The molecule has 1 aliphatic rings. The van der Waals surface area contributed by atoms with Crippen molar-refractivity contribution in [3.8, 4) is 5.75 Å². The molecule has 0 bridgehead atoms. The molecule has 1 aromatic rings. The van der Waals surface area contributed by atoms with Crippen molar-refractivity contribution < 1.29 is 19.7 Å². The van der Waals surface area contributed by atoms with E-state index in [1.807, 2.05) is 11.8 Å². The quantitative estimate of drug-likeness (QED) is 0.802. The lowest BCUT2D eigenvalue weighted by Gasteiger charge is -2.37. The molecule has 0 aliphatic carbocycles. The van der Waals surface area contributed by atoms with E-state index in [1.165, 1.54) is 0 Å². The molecule has 0 spiro atoms. The lowest BCUT2D eigenvalue weighted by atomic mass is 10.0. The number of aromatic hydroxyl groups is 1. The van der Waals surface area contributed by atoms with E-state index in [-0.39, 0.29) is 23.9 Å². The Morgan fingerprint density at radius 3 is 2.65 bits per heavy atom. The lowest BCUT2D eigenvalue weighted by Crippen LogP contribution is -2.54. The number of β-amino-alcohol motifs (C(OH)–C–C–N with tert-alkyl or cyclic N) is 1. The maximum absolute atomic E-state index is 12.1. The van der Waals surface area contributed by atoms with Crippen LogP contribution in [0.4, 0.5) is 0 Å². The third-order valence-corrected chi connectivity index (χ3v) is 3.39. The van der Waals surface area contributed by atoms with Gasteiger partial charge in [0.1, 0.15) is 17.9 Å². The number of ether oxygens (including phenoxy) is 1. The number of carbonyl (C=O) groups is 1. The maximum atomic E-state index is 12.1. The fourth-order valence-corrected chi connectivity index (χ4v) is 2.53. The summed E-state index contributed by atoms with van der Waals surface area (Å²) in [5.41, 5.74) is 0.954. The van der Waals surface area contributed by atoms with E-state index in [0.29, 0.717) is 19.5 Å². The van der Waals surface area contributed by atoms with Gasteiger partial charge >= 0.3 is 5.97 Å². The first-order valence-corrected chi connectivity index (χ1v) is 6.86. The molecule has 5 nitrogen and oxygen atoms in total. The van der Waals surface area contributed by atoms with Crippen LogP contribution in [0.5, 0.6) is 5.75 Å². The molecule has 0 amide bonds. The van der Waals surface area contributed by atoms with Crippen molar-refractivity contribution in [2.75, 3.05) is 13.1 Å². The van der Waals surface area contributed by atoms with Crippen molar-refractivity contribution in [3.63, 3.8) is 0 Å². The van der Waals surface area contributed by atoms with E-state index in [4.69, 9.17) is 4.74 Å². The minimum absolute atomic E-state index is 0.155. The Balaban J connectivity index is 2.12. The molecule has 0 saturated carbocycles. The highest BCUT2D eigenvalue weighted by atomic mass is 16.5. The summed E-state index contributed by atoms with van der Waals surface area (Å²) >= 11 is 0. The number of phenolic OH excluding ortho intramolecular Hbond substituents is 1. The summed E-state index contributed by atoms with van der Waals surface area (Å²) in [4.78, 5) is 14.0. The normalized spacial score (nSPS) is 25.2. The smallest absolute Gasteiger partial charge is 0.324 e. The van der Waals surface area contributed by atoms with Crippen molar-refractivity contribution in [3.05, 3.63) is 29.8 Å². The molecule has 2 N–H and O–H groups in total. The van der Waals surface area contributed by atoms with Crippen LogP contribution in [-0.4, -0.2) is 52.4 Å². The number of carbonyl (C=O) groups excluding carboxylic acids is 1. The van der Waals surface area contributed by atoms with Gasteiger partial charge in [-0.05, 0) is 38.0 Å². The number of aliphatic hydroxyl groups excluding tert-OH is 1. The Labute approximate surface area is 118 Å². The minimum Gasteiger partial charge on any atom is -0.508 e. The number of hydrogen-bond donors (Lipinski definition) is 2. The molecular formula is C15H21NO4. The van der Waals surface area contributed by atoms with Crippen molar-refractivity contribution in [1.82, 2.24) is 4.90 Å². The van der Waals surface area contributed by atoms with Gasteiger partial charge in [-0.15, -0.1) is 0 Å². The second kappa shape index (κ2) is 6.24. The van der Waals surface area contributed by atoms with Crippen molar-refractivity contribution in [2.45, 2.75) is 38.5 Å². The van der Waals surface area contributed by atoms with Crippen LogP contribution < -0.4 is 0 Å². The van der Waals surface area contributed by atoms with Gasteiger partial charge < -0.3 is 14.9 Å². The number of hydrogen-bond acceptors (Lipinski definition) is 5. The summed E-state index contributed by atoms with van der Waals surface area (Å²) in [6.45, 7) is 4.63. The van der Waals surface area contributed by atoms with Gasteiger partial charge in [0.2, 0.25) is 0 Å². The average molecular weight is 279 g/mol. The number of rotatable bonds is 4. The minimum atomic E-state index is -0.490. The van der Waals surface area contributed by atoms with Gasteiger partial charge in [0.15, 0.2) is 0 Å². The molecule has 2 rings (SSSR count). The monoisotopic (exact) mass is 279 g/mol. The maximum Gasteiger partial charge on any atom is 0.324 e. The molecule has 1 fully saturated rings. The summed E-state index contributed by atoms with van der Waals surface area (Å²) in [5, 5.41) is 18.9. The molecule has 1 aromatic carbocycles. The van der Waals surface area contributed by atoms with E-state index in [0.717, 1.165) is 5.56 Å². The zero-order chi connectivity index (χ0) is 14.7. The second-order valence-electron chi connectivity index (χ2n) is 5.44. The number of esters is 1. The number of aliphatic hydroxyl groups is 1. The predicted octanol–water partition coefficient (Wildman–Crippen LogP) is 0.931. The Kier molecular flexibility index (Phi) is 4.62.